The van der Waals surface area contributed by atoms with Crippen LogP contribution in [0.1, 0.15) is 19.0 Å². The van der Waals surface area contributed by atoms with Crippen LogP contribution in [0.15, 0.2) is 33.4 Å². The number of nitrogens with zero attached hydrogens (tertiary/aromatic N) is 1. The van der Waals surface area contributed by atoms with E-state index in [9.17, 15) is 4.39 Å². The average molecular weight is 313 g/mol. The molecular formula is C13H14BrFN2O. The monoisotopic (exact) mass is 312 g/mol. The minimum Gasteiger partial charge on any atom is -0.444 e. The number of rotatable bonds is 5. The van der Waals surface area contributed by atoms with Crippen molar-refractivity contribution in [3.63, 3.8) is 0 Å². The molecule has 96 valence electrons. The lowest BCUT2D eigenvalue weighted by atomic mass is 10.2. The minimum absolute atomic E-state index is 0.323. The van der Waals surface area contributed by atoms with Gasteiger partial charge in [-0.15, -0.1) is 0 Å². The number of hydrogen-bond acceptors (Lipinski definition) is 3. The van der Waals surface area contributed by atoms with Crippen molar-refractivity contribution in [1.82, 2.24) is 10.3 Å². The molecule has 0 aliphatic rings. The molecule has 1 aromatic carbocycles. The Kier molecular flexibility index (Phi) is 4.49. The molecule has 2 aromatic rings. The van der Waals surface area contributed by atoms with Gasteiger partial charge < -0.3 is 9.73 Å². The van der Waals surface area contributed by atoms with Crippen LogP contribution in [0.5, 0.6) is 0 Å². The van der Waals surface area contributed by atoms with Crippen LogP contribution in [0.25, 0.3) is 11.5 Å². The van der Waals surface area contributed by atoms with Gasteiger partial charge >= 0.3 is 0 Å². The Morgan fingerprint density at radius 2 is 2.28 bits per heavy atom. The first-order valence-electron chi connectivity index (χ1n) is 5.82. The summed E-state index contributed by atoms with van der Waals surface area (Å²) in [5, 5.41) is 3.23. The molecule has 1 heterocycles. The molecule has 0 saturated carbocycles. The molecule has 1 aromatic heterocycles. The molecular weight excluding hydrogens is 299 g/mol. The van der Waals surface area contributed by atoms with E-state index in [1.165, 1.54) is 6.07 Å². The number of oxazole rings is 1. The molecule has 0 unspecified atom stereocenters. The number of hydrogen-bond donors (Lipinski definition) is 1. The van der Waals surface area contributed by atoms with Gasteiger partial charge in [-0.1, -0.05) is 13.0 Å². The van der Waals surface area contributed by atoms with Crippen molar-refractivity contribution in [2.75, 3.05) is 6.54 Å². The zero-order valence-corrected chi connectivity index (χ0v) is 11.6. The van der Waals surface area contributed by atoms with Crippen molar-refractivity contribution in [2.24, 2.45) is 0 Å². The number of benzene rings is 1. The molecule has 0 radical (unpaired) electrons. The molecule has 3 nitrogen and oxygen atoms in total. The predicted octanol–water partition coefficient (Wildman–Crippen LogP) is 3.74. The second-order valence-corrected chi connectivity index (χ2v) is 4.72. The molecule has 0 spiro atoms. The summed E-state index contributed by atoms with van der Waals surface area (Å²) in [5.74, 6) is 0.103. The highest BCUT2D eigenvalue weighted by Gasteiger charge is 2.12. The van der Waals surface area contributed by atoms with Crippen molar-refractivity contribution in [1.29, 1.82) is 0 Å². The van der Waals surface area contributed by atoms with Gasteiger partial charge in [-0.2, -0.15) is 0 Å². The van der Waals surface area contributed by atoms with Gasteiger partial charge in [0, 0.05) is 6.54 Å². The average Bonchev–Trinajstić information content (AvgIpc) is 2.82. The molecule has 0 fully saturated rings. The van der Waals surface area contributed by atoms with Crippen LogP contribution in [0.3, 0.4) is 0 Å². The zero-order chi connectivity index (χ0) is 13.0. The van der Waals surface area contributed by atoms with Crippen LogP contribution >= 0.6 is 15.9 Å². The molecule has 0 amide bonds. The van der Waals surface area contributed by atoms with Crippen molar-refractivity contribution in [3.05, 3.63) is 40.4 Å². The second-order valence-electron chi connectivity index (χ2n) is 3.92. The first-order valence-corrected chi connectivity index (χ1v) is 6.61. The van der Waals surface area contributed by atoms with Gasteiger partial charge in [0.25, 0.3) is 0 Å². The Bertz CT molecular complexity index is 527. The van der Waals surface area contributed by atoms with Crippen LogP contribution in [-0.4, -0.2) is 11.5 Å². The molecule has 5 heteroatoms. The normalized spacial score (nSPS) is 10.8. The van der Waals surface area contributed by atoms with Gasteiger partial charge in [0.1, 0.15) is 12.1 Å². The predicted molar refractivity (Wildman–Crippen MR) is 71.6 cm³/mol. The van der Waals surface area contributed by atoms with E-state index >= 15 is 0 Å². The van der Waals surface area contributed by atoms with Crippen LogP contribution in [0, 0.1) is 5.82 Å². The maximum atomic E-state index is 13.4. The van der Waals surface area contributed by atoms with E-state index in [0.29, 0.717) is 22.5 Å². The van der Waals surface area contributed by atoms with Crippen LogP contribution in [0.4, 0.5) is 4.39 Å². The largest absolute Gasteiger partial charge is 0.444 e. The minimum atomic E-state index is -0.323. The third-order valence-corrected chi connectivity index (χ3v) is 3.27. The Morgan fingerprint density at radius 3 is 3.06 bits per heavy atom. The van der Waals surface area contributed by atoms with E-state index in [2.05, 4.69) is 33.2 Å². The fraction of sp³-hybridized carbons (Fsp3) is 0.308. The lowest BCUT2D eigenvalue weighted by molar-refractivity contribution is 0.567. The van der Waals surface area contributed by atoms with E-state index in [0.717, 1.165) is 18.7 Å². The summed E-state index contributed by atoms with van der Waals surface area (Å²) in [7, 11) is 0. The third-order valence-electron chi connectivity index (χ3n) is 2.47. The molecule has 0 aliphatic carbocycles. The van der Waals surface area contributed by atoms with Gasteiger partial charge in [-0.3, -0.25) is 0 Å². The molecule has 0 aliphatic heterocycles. The lowest BCUT2D eigenvalue weighted by Crippen LogP contribution is -2.13. The van der Waals surface area contributed by atoms with E-state index in [1.54, 1.807) is 18.4 Å². The summed E-state index contributed by atoms with van der Waals surface area (Å²) in [6, 6.07) is 4.79. The summed E-state index contributed by atoms with van der Waals surface area (Å²) in [4.78, 5) is 4.33. The van der Waals surface area contributed by atoms with Gasteiger partial charge in [-0.05, 0) is 41.0 Å². The topological polar surface area (TPSA) is 38.1 Å². The highest BCUT2D eigenvalue weighted by molar-refractivity contribution is 9.10. The van der Waals surface area contributed by atoms with Crippen molar-refractivity contribution in [3.8, 4) is 11.5 Å². The Labute approximate surface area is 114 Å². The molecule has 0 saturated heterocycles. The number of nitrogens with one attached hydrogen (secondary N) is 1. The molecule has 18 heavy (non-hydrogen) atoms. The van der Waals surface area contributed by atoms with Gasteiger partial charge in [0.2, 0.25) is 5.89 Å². The van der Waals surface area contributed by atoms with Crippen LogP contribution in [-0.2, 0) is 6.54 Å². The highest BCUT2D eigenvalue weighted by Crippen LogP contribution is 2.29. The van der Waals surface area contributed by atoms with Crippen molar-refractivity contribution >= 4 is 15.9 Å². The van der Waals surface area contributed by atoms with Crippen molar-refractivity contribution < 1.29 is 8.81 Å². The fourth-order valence-electron chi connectivity index (χ4n) is 1.57. The summed E-state index contributed by atoms with van der Waals surface area (Å²) in [6.07, 6.45) is 2.66. The molecule has 2 rings (SSSR count). The fourth-order valence-corrected chi connectivity index (χ4v) is 2.01. The van der Waals surface area contributed by atoms with E-state index in [-0.39, 0.29) is 5.82 Å². The Morgan fingerprint density at radius 1 is 1.44 bits per heavy atom. The maximum Gasteiger partial charge on any atom is 0.227 e. The van der Waals surface area contributed by atoms with E-state index in [1.807, 2.05) is 0 Å². The first kappa shape index (κ1) is 13.2. The highest BCUT2D eigenvalue weighted by atomic mass is 79.9. The van der Waals surface area contributed by atoms with Gasteiger partial charge in [0.05, 0.1) is 15.7 Å². The van der Waals surface area contributed by atoms with Crippen LogP contribution in [0.2, 0.25) is 0 Å². The first-order chi connectivity index (χ1) is 8.72. The molecule has 0 bridgehead atoms. The zero-order valence-electron chi connectivity index (χ0n) is 10.0. The smallest absolute Gasteiger partial charge is 0.227 e. The summed E-state index contributed by atoms with van der Waals surface area (Å²) in [6.45, 7) is 3.70. The summed E-state index contributed by atoms with van der Waals surface area (Å²) >= 11 is 3.20. The third kappa shape index (κ3) is 2.97. The second kappa shape index (κ2) is 6.11. The van der Waals surface area contributed by atoms with Crippen LogP contribution < -0.4 is 5.32 Å². The lowest BCUT2D eigenvalue weighted by Gasteiger charge is -2.00. The van der Waals surface area contributed by atoms with Gasteiger partial charge in [-0.25, -0.2) is 9.37 Å². The maximum absolute atomic E-state index is 13.4. The Balaban J connectivity index is 2.16. The van der Waals surface area contributed by atoms with Gasteiger partial charge in [0.15, 0.2) is 0 Å². The quantitative estimate of drug-likeness (QED) is 0.855. The number of aromatic nitrogens is 1. The number of halogens is 2. The summed E-state index contributed by atoms with van der Waals surface area (Å²) in [5.41, 5.74) is 1.44. The van der Waals surface area contributed by atoms with Crippen molar-refractivity contribution in [2.45, 2.75) is 19.9 Å². The Hall–Kier alpha value is -1.20. The van der Waals surface area contributed by atoms with E-state index < -0.39 is 0 Å². The van der Waals surface area contributed by atoms with E-state index in [4.69, 9.17) is 4.42 Å². The summed E-state index contributed by atoms with van der Waals surface area (Å²) < 4.78 is 19.1. The molecule has 0 atom stereocenters. The SMILES string of the molecule is CCCNCc1coc(-c2cccc(F)c2Br)n1. The standard InChI is InChI=1S/C13H14BrFN2O/c1-2-6-16-7-9-8-18-13(17-9)10-4-3-5-11(15)12(10)14/h3-5,8,16H,2,6-7H2,1H3. The molecule has 1 N–H and O–H groups in total.